The molecule has 0 bridgehead atoms. The van der Waals surface area contributed by atoms with E-state index in [0.29, 0.717) is 18.7 Å². The largest absolute Gasteiger partial charge is 0.366 e. The summed E-state index contributed by atoms with van der Waals surface area (Å²) >= 11 is 3.41. The van der Waals surface area contributed by atoms with Crippen molar-refractivity contribution in [1.82, 2.24) is 15.1 Å². The molecular weight excluding hydrogens is 460 g/mol. The standard InChI is InChI=1S/C23H27BrN4O3/c1-16(29)26-21(18-6-8-20(24)9-7-18)14-22(30)28-12-10-27(11-13-28)15-17-2-4-19(5-3-17)23(25)31/h2-9,21H,10-15H2,1H3,(H2,25,31)(H,26,29). The van der Waals surface area contributed by atoms with Crippen molar-refractivity contribution in [1.29, 1.82) is 0 Å². The van der Waals surface area contributed by atoms with Crippen molar-refractivity contribution >= 4 is 33.7 Å². The lowest BCUT2D eigenvalue weighted by molar-refractivity contribution is -0.133. The van der Waals surface area contributed by atoms with E-state index in [2.05, 4.69) is 26.1 Å². The zero-order valence-electron chi connectivity index (χ0n) is 17.5. The molecule has 164 valence electrons. The zero-order chi connectivity index (χ0) is 22.4. The Morgan fingerprint density at radius 2 is 1.61 bits per heavy atom. The molecule has 1 unspecified atom stereocenters. The molecule has 3 N–H and O–H groups in total. The summed E-state index contributed by atoms with van der Waals surface area (Å²) in [5.41, 5.74) is 7.79. The number of benzene rings is 2. The molecular formula is C23H27BrN4O3. The topological polar surface area (TPSA) is 95.7 Å². The first-order valence-electron chi connectivity index (χ1n) is 10.2. The second kappa shape index (κ2) is 10.5. The third-order valence-electron chi connectivity index (χ3n) is 5.40. The number of piperazine rings is 1. The zero-order valence-corrected chi connectivity index (χ0v) is 19.1. The summed E-state index contributed by atoms with van der Waals surface area (Å²) < 4.78 is 0.949. The van der Waals surface area contributed by atoms with E-state index in [1.54, 1.807) is 12.1 Å². The fourth-order valence-electron chi connectivity index (χ4n) is 3.68. The SMILES string of the molecule is CC(=O)NC(CC(=O)N1CCN(Cc2ccc(C(N)=O)cc2)CC1)c1ccc(Br)cc1. The number of rotatable bonds is 7. The van der Waals surface area contributed by atoms with E-state index in [1.807, 2.05) is 41.3 Å². The number of carbonyl (C=O) groups is 3. The van der Waals surface area contributed by atoms with E-state index in [1.165, 1.54) is 6.92 Å². The van der Waals surface area contributed by atoms with Gasteiger partial charge in [0, 0.05) is 49.7 Å². The van der Waals surface area contributed by atoms with Crippen molar-refractivity contribution in [2.24, 2.45) is 5.73 Å². The molecule has 2 aromatic carbocycles. The molecule has 7 nitrogen and oxygen atoms in total. The first-order chi connectivity index (χ1) is 14.8. The number of halogens is 1. The number of hydrogen-bond donors (Lipinski definition) is 2. The number of nitrogens with two attached hydrogens (primary N) is 1. The summed E-state index contributed by atoms with van der Waals surface area (Å²) in [6.07, 6.45) is 0.232. The lowest BCUT2D eigenvalue weighted by Gasteiger charge is -2.35. The number of nitrogens with zero attached hydrogens (tertiary/aromatic N) is 2. The fraction of sp³-hybridized carbons (Fsp3) is 0.348. The fourth-order valence-corrected chi connectivity index (χ4v) is 3.95. The molecule has 1 saturated heterocycles. The predicted octanol–water partition coefficient (Wildman–Crippen LogP) is 2.46. The summed E-state index contributed by atoms with van der Waals surface area (Å²) in [6, 6.07) is 14.6. The van der Waals surface area contributed by atoms with Crippen molar-refractivity contribution in [3.05, 3.63) is 69.7 Å². The van der Waals surface area contributed by atoms with Crippen LogP contribution in [0.2, 0.25) is 0 Å². The molecule has 2 aromatic rings. The Bertz CT molecular complexity index is 923. The van der Waals surface area contributed by atoms with Gasteiger partial charge in [-0.25, -0.2) is 0 Å². The van der Waals surface area contributed by atoms with Gasteiger partial charge in [-0.1, -0.05) is 40.2 Å². The van der Waals surface area contributed by atoms with Gasteiger partial charge >= 0.3 is 0 Å². The third kappa shape index (κ3) is 6.63. The van der Waals surface area contributed by atoms with Gasteiger partial charge in [0.2, 0.25) is 17.7 Å². The molecule has 3 amide bonds. The third-order valence-corrected chi connectivity index (χ3v) is 5.93. The minimum absolute atomic E-state index is 0.0344. The molecule has 1 aliphatic heterocycles. The van der Waals surface area contributed by atoms with Crippen molar-refractivity contribution in [2.75, 3.05) is 26.2 Å². The second-order valence-electron chi connectivity index (χ2n) is 7.73. The van der Waals surface area contributed by atoms with Crippen molar-refractivity contribution in [3.8, 4) is 0 Å². The average Bonchev–Trinajstić information content (AvgIpc) is 2.74. The molecule has 8 heteroatoms. The average molecular weight is 487 g/mol. The summed E-state index contributed by atoms with van der Waals surface area (Å²) in [4.78, 5) is 39.9. The Labute approximate surface area is 190 Å². The minimum atomic E-state index is -0.431. The van der Waals surface area contributed by atoms with Crippen LogP contribution in [0, 0.1) is 0 Å². The molecule has 0 saturated carbocycles. The highest BCUT2D eigenvalue weighted by atomic mass is 79.9. The van der Waals surface area contributed by atoms with Gasteiger partial charge in [0.1, 0.15) is 0 Å². The number of primary amides is 1. The minimum Gasteiger partial charge on any atom is -0.366 e. The Kier molecular flexibility index (Phi) is 7.81. The molecule has 0 aliphatic carbocycles. The van der Waals surface area contributed by atoms with E-state index in [0.717, 1.165) is 35.2 Å². The Morgan fingerprint density at radius 1 is 1.00 bits per heavy atom. The Balaban J connectivity index is 1.54. The van der Waals surface area contributed by atoms with Crippen LogP contribution in [0.5, 0.6) is 0 Å². The van der Waals surface area contributed by atoms with Gasteiger partial charge in [0.25, 0.3) is 0 Å². The van der Waals surface area contributed by atoms with Gasteiger partial charge in [-0.15, -0.1) is 0 Å². The quantitative estimate of drug-likeness (QED) is 0.628. The van der Waals surface area contributed by atoms with E-state index < -0.39 is 5.91 Å². The maximum atomic E-state index is 12.9. The predicted molar refractivity (Wildman–Crippen MR) is 122 cm³/mol. The maximum Gasteiger partial charge on any atom is 0.248 e. The maximum absolute atomic E-state index is 12.9. The molecule has 0 spiro atoms. The first-order valence-corrected chi connectivity index (χ1v) is 11.0. The van der Waals surface area contributed by atoms with E-state index >= 15 is 0 Å². The van der Waals surface area contributed by atoms with Gasteiger partial charge in [-0.2, -0.15) is 0 Å². The number of nitrogens with one attached hydrogen (secondary N) is 1. The molecule has 1 atom stereocenters. The molecule has 1 heterocycles. The summed E-state index contributed by atoms with van der Waals surface area (Å²) in [5, 5.41) is 2.89. The molecule has 1 fully saturated rings. The first kappa shape index (κ1) is 23.0. The molecule has 1 aliphatic rings. The highest BCUT2D eigenvalue weighted by molar-refractivity contribution is 9.10. The van der Waals surface area contributed by atoms with Crippen molar-refractivity contribution < 1.29 is 14.4 Å². The van der Waals surface area contributed by atoms with Crippen molar-refractivity contribution in [2.45, 2.75) is 25.9 Å². The van der Waals surface area contributed by atoms with Crippen LogP contribution < -0.4 is 11.1 Å². The summed E-state index contributed by atoms with van der Waals surface area (Å²) in [5.74, 6) is -0.556. The highest BCUT2D eigenvalue weighted by Gasteiger charge is 2.25. The van der Waals surface area contributed by atoms with Crippen LogP contribution in [-0.4, -0.2) is 53.7 Å². The lowest BCUT2D eigenvalue weighted by Crippen LogP contribution is -2.49. The van der Waals surface area contributed by atoms with Crippen LogP contribution in [0.3, 0.4) is 0 Å². The van der Waals surface area contributed by atoms with E-state index in [9.17, 15) is 14.4 Å². The van der Waals surface area contributed by atoms with Crippen LogP contribution in [-0.2, 0) is 16.1 Å². The van der Waals surface area contributed by atoms with Crippen LogP contribution in [0.25, 0.3) is 0 Å². The van der Waals surface area contributed by atoms with Gasteiger partial charge in [-0.3, -0.25) is 19.3 Å². The van der Waals surface area contributed by atoms with Crippen molar-refractivity contribution in [3.63, 3.8) is 0 Å². The normalized spacial score (nSPS) is 15.4. The Hall–Kier alpha value is -2.71. The molecule has 0 radical (unpaired) electrons. The lowest BCUT2D eigenvalue weighted by atomic mass is 10.0. The van der Waals surface area contributed by atoms with Crippen LogP contribution >= 0.6 is 15.9 Å². The molecule has 31 heavy (non-hydrogen) atoms. The van der Waals surface area contributed by atoms with Gasteiger partial charge < -0.3 is 16.0 Å². The smallest absolute Gasteiger partial charge is 0.248 e. The van der Waals surface area contributed by atoms with E-state index in [4.69, 9.17) is 5.73 Å². The summed E-state index contributed by atoms with van der Waals surface area (Å²) in [6.45, 7) is 5.05. The van der Waals surface area contributed by atoms with Crippen LogP contribution in [0.1, 0.15) is 40.9 Å². The highest BCUT2D eigenvalue weighted by Crippen LogP contribution is 2.21. The number of carbonyl (C=O) groups excluding carboxylic acids is 3. The van der Waals surface area contributed by atoms with Gasteiger partial charge in [-0.05, 0) is 35.4 Å². The van der Waals surface area contributed by atoms with Crippen LogP contribution in [0.4, 0.5) is 0 Å². The second-order valence-corrected chi connectivity index (χ2v) is 8.64. The monoisotopic (exact) mass is 486 g/mol. The number of amides is 3. The van der Waals surface area contributed by atoms with Gasteiger partial charge in [0.15, 0.2) is 0 Å². The summed E-state index contributed by atoms with van der Waals surface area (Å²) in [7, 11) is 0. The van der Waals surface area contributed by atoms with Gasteiger partial charge in [0.05, 0.1) is 12.5 Å². The number of hydrogen-bond acceptors (Lipinski definition) is 4. The molecule has 3 rings (SSSR count). The van der Waals surface area contributed by atoms with E-state index in [-0.39, 0.29) is 24.3 Å². The molecule has 0 aromatic heterocycles. The van der Waals surface area contributed by atoms with Crippen LogP contribution in [0.15, 0.2) is 53.0 Å². The Morgan fingerprint density at radius 3 is 2.16 bits per heavy atom.